The molecule has 102 valence electrons. The first-order valence-electron chi connectivity index (χ1n) is 5.71. The Kier molecular flexibility index (Phi) is 4.92. The fourth-order valence-corrected chi connectivity index (χ4v) is 2.88. The van der Waals surface area contributed by atoms with Crippen LogP contribution in [0.4, 0.5) is 5.69 Å². The van der Waals surface area contributed by atoms with Gasteiger partial charge in [-0.1, -0.05) is 34.1 Å². The quantitative estimate of drug-likeness (QED) is 0.345. The van der Waals surface area contributed by atoms with Crippen LogP contribution in [0.15, 0.2) is 51.8 Å². The smallest absolute Gasteiger partial charge is 0.274 e. The third-order valence-corrected chi connectivity index (χ3v) is 4.21. The summed E-state index contributed by atoms with van der Waals surface area (Å²) in [6, 6.07) is 12.2. The van der Waals surface area contributed by atoms with E-state index in [9.17, 15) is 14.9 Å². The van der Waals surface area contributed by atoms with E-state index in [-0.39, 0.29) is 10.6 Å². The molecule has 6 heteroatoms. The molecule has 0 aliphatic rings. The SMILES string of the molecule is O=Cc1ccc(SCc2ccc(Br)cc2[N+](=O)[O-])cc1. The van der Waals surface area contributed by atoms with Gasteiger partial charge in [0.25, 0.3) is 5.69 Å². The van der Waals surface area contributed by atoms with Crippen molar-refractivity contribution >= 4 is 39.7 Å². The molecule has 2 rings (SSSR count). The minimum absolute atomic E-state index is 0.108. The minimum Gasteiger partial charge on any atom is -0.298 e. The van der Waals surface area contributed by atoms with Crippen LogP contribution in [0, 0.1) is 10.1 Å². The summed E-state index contributed by atoms with van der Waals surface area (Å²) in [6.45, 7) is 0. The number of thioether (sulfide) groups is 1. The molecule has 4 nitrogen and oxygen atoms in total. The van der Waals surface area contributed by atoms with Crippen LogP contribution in [0.3, 0.4) is 0 Å². The lowest BCUT2D eigenvalue weighted by Gasteiger charge is -2.04. The first-order chi connectivity index (χ1) is 9.60. The predicted molar refractivity (Wildman–Crippen MR) is 82.2 cm³/mol. The fourth-order valence-electron chi connectivity index (χ4n) is 1.63. The molecule has 0 heterocycles. The average Bonchev–Trinajstić information content (AvgIpc) is 2.46. The molecule has 0 atom stereocenters. The Hall–Kier alpha value is -1.66. The van der Waals surface area contributed by atoms with Crippen molar-refractivity contribution in [3.05, 3.63) is 68.2 Å². The van der Waals surface area contributed by atoms with Gasteiger partial charge in [-0.05, 0) is 18.2 Å². The van der Waals surface area contributed by atoms with Crippen LogP contribution in [0.5, 0.6) is 0 Å². The maximum Gasteiger partial charge on any atom is 0.274 e. The van der Waals surface area contributed by atoms with E-state index < -0.39 is 0 Å². The van der Waals surface area contributed by atoms with E-state index in [1.165, 1.54) is 17.8 Å². The predicted octanol–water partition coefficient (Wildman–Crippen LogP) is 4.46. The standard InChI is InChI=1S/C14H10BrNO3S/c15-12-4-3-11(14(7-12)16(18)19)9-20-13-5-1-10(8-17)2-6-13/h1-8H,9H2. The molecule has 0 spiro atoms. The van der Waals surface area contributed by atoms with Gasteiger partial charge in [0, 0.05) is 32.3 Å². The monoisotopic (exact) mass is 351 g/mol. The zero-order chi connectivity index (χ0) is 14.5. The molecule has 0 amide bonds. The van der Waals surface area contributed by atoms with Crippen LogP contribution in [-0.4, -0.2) is 11.2 Å². The van der Waals surface area contributed by atoms with Crippen molar-refractivity contribution < 1.29 is 9.72 Å². The zero-order valence-electron chi connectivity index (χ0n) is 10.3. The zero-order valence-corrected chi connectivity index (χ0v) is 12.7. The van der Waals surface area contributed by atoms with Crippen molar-refractivity contribution in [2.75, 3.05) is 0 Å². The first kappa shape index (κ1) is 14.7. The highest BCUT2D eigenvalue weighted by Gasteiger charge is 2.14. The second-order valence-electron chi connectivity index (χ2n) is 4.01. The van der Waals surface area contributed by atoms with Crippen molar-refractivity contribution in [2.45, 2.75) is 10.6 Å². The number of halogens is 1. The average molecular weight is 352 g/mol. The van der Waals surface area contributed by atoms with Gasteiger partial charge in [0.2, 0.25) is 0 Å². The Labute approximate surface area is 128 Å². The van der Waals surface area contributed by atoms with E-state index in [4.69, 9.17) is 0 Å². The number of nitro groups is 1. The molecule has 2 aromatic carbocycles. The van der Waals surface area contributed by atoms with E-state index >= 15 is 0 Å². The van der Waals surface area contributed by atoms with E-state index in [2.05, 4.69) is 15.9 Å². The largest absolute Gasteiger partial charge is 0.298 e. The molecule has 0 radical (unpaired) electrons. The van der Waals surface area contributed by atoms with Crippen molar-refractivity contribution in [3.63, 3.8) is 0 Å². The van der Waals surface area contributed by atoms with Crippen LogP contribution in [0.1, 0.15) is 15.9 Å². The fraction of sp³-hybridized carbons (Fsp3) is 0.0714. The highest BCUT2D eigenvalue weighted by Crippen LogP contribution is 2.30. The van der Waals surface area contributed by atoms with Crippen LogP contribution in [0.25, 0.3) is 0 Å². The van der Waals surface area contributed by atoms with Crippen molar-refractivity contribution in [3.8, 4) is 0 Å². The Morgan fingerprint density at radius 1 is 1.20 bits per heavy atom. The third-order valence-electron chi connectivity index (χ3n) is 2.65. The normalized spacial score (nSPS) is 10.2. The Balaban J connectivity index is 2.13. The molecule has 0 aliphatic carbocycles. The summed E-state index contributed by atoms with van der Waals surface area (Å²) in [6.07, 6.45) is 0.786. The van der Waals surface area contributed by atoms with Gasteiger partial charge in [0.05, 0.1) is 4.92 Å². The van der Waals surface area contributed by atoms with Crippen molar-refractivity contribution in [1.82, 2.24) is 0 Å². The van der Waals surface area contributed by atoms with Gasteiger partial charge in [-0.2, -0.15) is 0 Å². The Morgan fingerprint density at radius 3 is 2.50 bits per heavy atom. The molecule has 0 aliphatic heterocycles. The lowest BCUT2D eigenvalue weighted by Crippen LogP contribution is -1.94. The topological polar surface area (TPSA) is 60.2 Å². The number of carbonyl (C=O) groups is 1. The summed E-state index contributed by atoms with van der Waals surface area (Å²) in [4.78, 5) is 22.2. The molecule has 0 aromatic heterocycles. The van der Waals surface area contributed by atoms with Crippen LogP contribution >= 0.6 is 27.7 Å². The molecular weight excluding hydrogens is 342 g/mol. The number of nitrogens with zero attached hydrogens (tertiary/aromatic N) is 1. The molecule has 0 saturated carbocycles. The molecule has 0 bridgehead atoms. The van der Waals surface area contributed by atoms with E-state index in [1.807, 2.05) is 12.1 Å². The molecule has 0 unspecified atom stereocenters. The lowest BCUT2D eigenvalue weighted by atomic mass is 10.2. The minimum atomic E-state index is -0.379. The van der Waals surface area contributed by atoms with Crippen molar-refractivity contribution in [2.24, 2.45) is 0 Å². The molecule has 2 aromatic rings. The van der Waals surface area contributed by atoms with Gasteiger partial charge in [-0.25, -0.2) is 0 Å². The maximum absolute atomic E-state index is 11.0. The highest BCUT2D eigenvalue weighted by atomic mass is 79.9. The van der Waals surface area contributed by atoms with E-state index in [1.54, 1.807) is 24.3 Å². The lowest BCUT2D eigenvalue weighted by molar-refractivity contribution is -0.385. The summed E-state index contributed by atoms with van der Waals surface area (Å²) >= 11 is 4.73. The van der Waals surface area contributed by atoms with E-state index in [0.717, 1.165) is 11.2 Å². The van der Waals surface area contributed by atoms with Gasteiger partial charge >= 0.3 is 0 Å². The van der Waals surface area contributed by atoms with Gasteiger partial charge in [0.15, 0.2) is 0 Å². The summed E-state index contributed by atoms with van der Waals surface area (Å²) in [5.41, 5.74) is 1.39. The Bertz CT molecular complexity index is 643. The third kappa shape index (κ3) is 3.68. The summed E-state index contributed by atoms with van der Waals surface area (Å²) in [5.74, 6) is 0.504. The van der Waals surface area contributed by atoms with Gasteiger partial charge < -0.3 is 0 Å². The molecule has 0 fully saturated rings. The number of carbonyl (C=O) groups excluding carboxylic acids is 1. The first-order valence-corrected chi connectivity index (χ1v) is 7.49. The second-order valence-corrected chi connectivity index (χ2v) is 5.97. The number of hydrogen-bond donors (Lipinski definition) is 0. The van der Waals surface area contributed by atoms with Crippen LogP contribution in [-0.2, 0) is 5.75 Å². The van der Waals surface area contributed by atoms with Gasteiger partial charge in [-0.15, -0.1) is 11.8 Å². The molecule has 0 saturated heterocycles. The summed E-state index contributed by atoms with van der Waals surface area (Å²) < 4.78 is 0.688. The molecular formula is C14H10BrNO3S. The number of aldehydes is 1. The van der Waals surface area contributed by atoms with Crippen molar-refractivity contribution in [1.29, 1.82) is 0 Å². The van der Waals surface area contributed by atoms with Crippen LogP contribution < -0.4 is 0 Å². The second kappa shape index (κ2) is 6.67. The maximum atomic E-state index is 11.0. The highest BCUT2D eigenvalue weighted by molar-refractivity contribution is 9.10. The van der Waals surface area contributed by atoms with E-state index in [0.29, 0.717) is 21.4 Å². The molecule has 0 N–H and O–H groups in total. The number of rotatable bonds is 5. The Morgan fingerprint density at radius 2 is 1.90 bits per heavy atom. The molecule has 20 heavy (non-hydrogen) atoms. The van der Waals surface area contributed by atoms with Gasteiger partial charge in [0.1, 0.15) is 6.29 Å². The number of nitro benzene ring substituents is 1. The number of benzene rings is 2. The summed E-state index contributed by atoms with van der Waals surface area (Å²) in [5, 5.41) is 11.0. The summed E-state index contributed by atoms with van der Waals surface area (Å²) in [7, 11) is 0. The number of hydrogen-bond acceptors (Lipinski definition) is 4. The van der Waals surface area contributed by atoms with Crippen LogP contribution in [0.2, 0.25) is 0 Å². The van der Waals surface area contributed by atoms with Gasteiger partial charge in [-0.3, -0.25) is 14.9 Å².